The van der Waals surface area contributed by atoms with Crippen LogP contribution < -0.4 is 0 Å². The third-order valence-corrected chi connectivity index (χ3v) is 2.71. The van der Waals surface area contributed by atoms with Gasteiger partial charge < -0.3 is 4.90 Å². The van der Waals surface area contributed by atoms with Crippen LogP contribution in [0.25, 0.3) is 0 Å². The molecule has 0 unspecified atom stereocenters. The summed E-state index contributed by atoms with van der Waals surface area (Å²) in [6.07, 6.45) is 0. The molecule has 0 heterocycles. The van der Waals surface area contributed by atoms with Gasteiger partial charge in [0.05, 0.1) is 0 Å². The smallest absolute Gasteiger partial charge is 0.254 e. The van der Waals surface area contributed by atoms with Gasteiger partial charge in [-0.15, -0.1) is 0 Å². The van der Waals surface area contributed by atoms with E-state index in [1.807, 2.05) is 43.0 Å². The van der Waals surface area contributed by atoms with Crippen LogP contribution in [0.1, 0.15) is 43.6 Å². The van der Waals surface area contributed by atoms with Crippen molar-refractivity contribution in [3.05, 3.63) is 35.4 Å². The van der Waals surface area contributed by atoms with Gasteiger partial charge in [0, 0.05) is 18.7 Å². The Hall–Kier alpha value is -1.31. The molecule has 0 saturated heterocycles. The van der Waals surface area contributed by atoms with Crippen LogP contribution in [0, 0.1) is 12.3 Å². The van der Waals surface area contributed by atoms with Gasteiger partial charge >= 0.3 is 0 Å². The van der Waals surface area contributed by atoms with E-state index in [1.165, 1.54) is 0 Å². The van der Waals surface area contributed by atoms with Gasteiger partial charge in [-0.2, -0.15) is 0 Å². The van der Waals surface area contributed by atoms with Crippen molar-refractivity contribution in [2.75, 3.05) is 13.1 Å². The lowest BCUT2D eigenvalue weighted by molar-refractivity contribution is 0.0706. The van der Waals surface area contributed by atoms with E-state index in [1.54, 1.807) is 0 Å². The quantitative estimate of drug-likeness (QED) is 0.782. The van der Waals surface area contributed by atoms with Gasteiger partial charge in [0.15, 0.2) is 0 Å². The van der Waals surface area contributed by atoms with Gasteiger partial charge in [0.2, 0.25) is 0 Å². The van der Waals surface area contributed by atoms with Gasteiger partial charge in [-0.25, -0.2) is 0 Å². The van der Waals surface area contributed by atoms with E-state index in [9.17, 15) is 4.79 Å². The lowest BCUT2D eigenvalue weighted by Gasteiger charge is -2.29. The fourth-order valence-electron chi connectivity index (χ4n) is 1.88. The van der Waals surface area contributed by atoms with Crippen molar-refractivity contribution in [2.45, 2.75) is 34.6 Å². The van der Waals surface area contributed by atoms with E-state index in [-0.39, 0.29) is 11.3 Å². The number of nitrogens with zero attached hydrogens (tertiary/aromatic N) is 1. The van der Waals surface area contributed by atoms with Crippen LogP contribution in [0.2, 0.25) is 0 Å². The molecule has 0 aliphatic heterocycles. The molecule has 0 fully saturated rings. The molecule has 94 valence electrons. The molecule has 2 heteroatoms. The van der Waals surface area contributed by atoms with Crippen molar-refractivity contribution in [1.82, 2.24) is 4.90 Å². The third kappa shape index (κ3) is 3.88. The van der Waals surface area contributed by atoms with Crippen LogP contribution in [-0.2, 0) is 0 Å². The molecule has 0 spiro atoms. The molecule has 0 saturated carbocycles. The Labute approximate surface area is 105 Å². The number of rotatable bonds is 3. The number of hydrogen-bond donors (Lipinski definition) is 0. The molecule has 1 amide bonds. The first-order chi connectivity index (χ1) is 7.85. The summed E-state index contributed by atoms with van der Waals surface area (Å²) in [6, 6.07) is 7.78. The van der Waals surface area contributed by atoms with E-state index < -0.39 is 0 Å². The Morgan fingerprint density at radius 2 is 1.82 bits per heavy atom. The zero-order valence-electron chi connectivity index (χ0n) is 11.6. The second kappa shape index (κ2) is 5.35. The van der Waals surface area contributed by atoms with Crippen molar-refractivity contribution in [3.63, 3.8) is 0 Å². The number of carbonyl (C=O) groups is 1. The highest BCUT2D eigenvalue weighted by atomic mass is 16.2. The SMILES string of the molecule is CCN(CC(C)(C)C)C(=O)c1ccccc1C. The minimum absolute atomic E-state index is 0.133. The monoisotopic (exact) mass is 233 g/mol. The predicted octanol–water partition coefficient (Wildman–Crippen LogP) is 3.50. The van der Waals surface area contributed by atoms with Gasteiger partial charge in [-0.3, -0.25) is 4.79 Å². The van der Waals surface area contributed by atoms with E-state index >= 15 is 0 Å². The predicted molar refractivity (Wildman–Crippen MR) is 72.2 cm³/mol. The molecule has 0 N–H and O–H groups in total. The molecule has 0 aromatic heterocycles. The summed E-state index contributed by atoms with van der Waals surface area (Å²) in [4.78, 5) is 14.3. The minimum Gasteiger partial charge on any atom is -0.338 e. The van der Waals surface area contributed by atoms with E-state index in [2.05, 4.69) is 20.8 Å². The van der Waals surface area contributed by atoms with Crippen molar-refractivity contribution in [3.8, 4) is 0 Å². The Bertz CT molecular complexity index is 390. The van der Waals surface area contributed by atoms with E-state index in [0.29, 0.717) is 0 Å². The fourth-order valence-corrected chi connectivity index (χ4v) is 1.88. The highest BCUT2D eigenvalue weighted by molar-refractivity contribution is 5.95. The molecule has 2 nitrogen and oxygen atoms in total. The minimum atomic E-state index is 0.133. The fraction of sp³-hybridized carbons (Fsp3) is 0.533. The van der Waals surface area contributed by atoms with Crippen molar-refractivity contribution in [1.29, 1.82) is 0 Å². The summed E-state index contributed by atoms with van der Waals surface area (Å²) in [5, 5.41) is 0. The molecule has 1 aromatic carbocycles. The molecular formula is C15H23NO. The maximum Gasteiger partial charge on any atom is 0.254 e. The molecule has 1 rings (SSSR count). The van der Waals surface area contributed by atoms with E-state index in [0.717, 1.165) is 24.2 Å². The van der Waals surface area contributed by atoms with Crippen molar-refractivity contribution < 1.29 is 4.79 Å². The number of aryl methyl sites for hydroxylation is 1. The first kappa shape index (κ1) is 13.8. The van der Waals surface area contributed by atoms with Crippen LogP contribution >= 0.6 is 0 Å². The third-order valence-electron chi connectivity index (χ3n) is 2.71. The molecule has 0 bridgehead atoms. The topological polar surface area (TPSA) is 20.3 Å². The summed E-state index contributed by atoms with van der Waals surface area (Å²) < 4.78 is 0. The summed E-state index contributed by atoms with van der Waals surface area (Å²) in [7, 11) is 0. The molecular weight excluding hydrogens is 210 g/mol. The lowest BCUT2D eigenvalue weighted by atomic mass is 9.95. The van der Waals surface area contributed by atoms with Crippen LogP contribution in [0.15, 0.2) is 24.3 Å². The number of benzene rings is 1. The zero-order chi connectivity index (χ0) is 13.1. The lowest BCUT2D eigenvalue weighted by Crippen LogP contribution is -2.37. The maximum atomic E-state index is 12.4. The molecule has 17 heavy (non-hydrogen) atoms. The Morgan fingerprint density at radius 3 is 2.29 bits per heavy atom. The Kier molecular flexibility index (Phi) is 4.33. The van der Waals surface area contributed by atoms with Crippen LogP contribution in [0.3, 0.4) is 0 Å². The molecule has 0 radical (unpaired) electrons. The molecule has 1 aromatic rings. The zero-order valence-corrected chi connectivity index (χ0v) is 11.6. The first-order valence-electron chi connectivity index (χ1n) is 6.20. The highest BCUT2D eigenvalue weighted by Gasteiger charge is 2.21. The summed E-state index contributed by atoms with van der Waals surface area (Å²) in [6.45, 7) is 12.0. The largest absolute Gasteiger partial charge is 0.338 e. The standard InChI is InChI=1S/C15H23NO/c1-6-16(11-15(3,4)5)14(17)13-10-8-7-9-12(13)2/h7-10H,6,11H2,1-5H3. The molecule has 0 atom stereocenters. The van der Waals surface area contributed by atoms with Gasteiger partial charge in [0.25, 0.3) is 5.91 Å². The molecule has 0 aliphatic carbocycles. The number of hydrogen-bond acceptors (Lipinski definition) is 1. The summed E-state index contributed by atoms with van der Waals surface area (Å²) in [5.41, 5.74) is 2.00. The Morgan fingerprint density at radius 1 is 1.24 bits per heavy atom. The van der Waals surface area contributed by atoms with Gasteiger partial charge in [-0.1, -0.05) is 39.0 Å². The van der Waals surface area contributed by atoms with Crippen LogP contribution in [-0.4, -0.2) is 23.9 Å². The van der Waals surface area contributed by atoms with Crippen molar-refractivity contribution >= 4 is 5.91 Å². The highest BCUT2D eigenvalue weighted by Crippen LogP contribution is 2.18. The second-order valence-corrected chi connectivity index (χ2v) is 5.69. The average molecular weight is 233 g/mol. The number of amides is 1. The summed E-state index contributed by atoms with van der Waals surface area (Å²) >= 11 is 0. The maximum absolute atomic E-state index is 12.4. The summed E-state index contributed by atoms with van der Waals surface area (Å²) in [5.74, 6) is 0.139. The van der Waals surface area contributed by atoms with Gasteiger partial charge in [-0.05, 0) is 30.9 Å². The van der Waals surface area contributed by atoms with Gasteiger partial charge in [0.1, 0.15) is 0 Å². The van der Waals surface area contributed by atoms with Crippen LogP contribution in [0.4, 0.5) is 0 Å². The normalized spacial score (nSPS) is 11.4. The first-order valence-corrected chi connectivity index (χ1v) is 6.20. The molecule has 0 aliphatic rings. The number of carbonyl (C=O) groups excluding carboxylic acids is 1. The second-order valence-electron chi connectivity index (χ2n) is 5.69. The van der Waals surface area contributed by atoms with Crippen LogP contribution in [0.5, 0.6) is 0 Å². The van der Waals surface area contributed by atoms with Crippen molar-refractivity contribution in [2.24, 2.45) is 5.41 Å². The Balaban J connectivity index is 2.91. The average Bonchev–Trinajstić information content (AvgIpc) is 2.24. The van der Waals surface area contributed by atoms with E-state index in [4.69, 9.17) is 0 Å².